The maximum Gasteiger partial charge on any atom is 0.0636 e. The van der Waals surface area contributed by atoms with Crippen LogP contribution in [0, 0.1) is 0 Å². The molecule has 0 aromatic carbocycles. The molecule has 0 bridgehead atoms. The molecule has 4 heteroatoms. The van der Waals surface area contributed by atoms with Gasteiger partial charge < -0.3 is 10.1 Å². The number of hydrogen-bond acceptors (Lipinski definition) is 4. The van der Waals surface area contributed by atoms with E-state index in [1.165, 1.54) is 32.5 Å². The van der Waals surface area contributed by atoms with Gasteiger partial charge >= 0.3 is 0 Å². The van der Waals surface area contributed by atoms with Crippen molar-refractivity contribution in [1.29, 1.82) is 0 Å². The molecule has 0 saturated carbocycles. The molecule has 2 saturated heterocycles. The first kappa shape index (κ1) is 14.3. The Labute approximate surface area is 112 Å². The third kappa shape index (κ3) is 3.23. The van der Waals surface area contributed by atoms with Crippen molar-refractivity contribution in [1.82, 2.24) is 15.1 Å². The van der Waals surface area contributed by atoms with Gasteiger partial charge in [0.05, 0.1) is 6.61 Å². The van der Waals surface area contributed by atoms with Crippen LogP contribution in [0.5, 0.6) is 0 Å². The highest BCUT2D eigenvalue weighted by Crippen LogP contribution is 2.20. The molecule has 18 heavy (non-hydrogen) atoms. The van der Waals surface area contributed by atoms with Crippen molar-refractivity contribution < 1.29 is 4.74 Å². The van der Waals surface area contributed by atoms with Crippen LogP contribution >= 0.6 is 0 Å². The van der Waals surface area contributed by atoms with Crippen molar-refractivity contribution in [2.24, 2.45) is 0 Å². The van der Waals surface area contributed by atoms with Gasteiger partial charge in [-0.3, -0.25) is 9.80 Å². The van der Waals surface area contributed by atoms with Crippen LogP contribution in [-0.4, -0.2) is 74.9 Å². The third-order valence-electron chi connectivity index (χ3n) is 4.67. The molecule has 3 atom stereocenters. The minimum absolute atomic E-state index is 0.531. The van der Waals surface area contributed by atoms with Crippen molar-refractivity contribution in [2.45, 2.75) is 44.3 Å². The second-order valence-electron chi connectivity index (χ2n) is 5.69. The molecule has 0 radical (unpaired) electrons. The van der Waals surface area contributed by atoms with E-state index in [-0.39, 0.29) is 0 Å². The van der Waals surface area contributed by atoms with Crippen molar-refractivity contribution in [3.8, 4) is 0 Å². The molecule has 2 aliphatic heterocycles. The van der Waals surface area contributed by atoms with Crippen LogP contribution in [0.15, 0.2) is 0 Å². The van der Waals surface area contributed by atoms with Gasteiger partial charge in [-0.1, -0.05) is 6.92 Å². The first-order chi connectivity index (χ1) is 8.76. The van der Waals surface area contributed by atoms with E-state index >= 15 is 0 Å². The topological polar surface area (TPSA) is 27.7 Å². The molecule has 106 valence electrons. The first-order valence-electron chi connectivity index (χ1n) is 7.45. The molecule has 2 fully saturated rings. The summed E-state index contributed by atoms with van der Waals surface area (Å²) in [6, 6.07) is 1.86. The first-order valence-corrected chi connectivity index (χ1v) is 7.45. The van der Waals surface area contributed by atoms with Crippen LogP contribution in [0.3, 0.4) is 0 Å². The van der Waals surface area contributed by atoms with Crippen molar-refractivity contribution in [3.05, 3.63) is 0 Å². The van der Waals surface area contributed by atoms with E-state index < -0.39 is 0 Å². The van der Waals surface area contributed by atoms with E-state index in [9.17, 15) is 0 Å². The summed E-state index contributed by atoms with van der Waals surface area (Å²) in [5.74, 6) is 0. The van der Waals surface area contributed by atoms with Gasteiger partial charge in [0.1, 0.15) is 0 Å². The molecule has 3 unspecified atom stereocenters. The Balaban J connectivity index is 1.87. The highest BCUT2D eigenvalue weighted by molar-refractivity contribution is 4.88. The van der Waals surface area contributed by atoms with E-state index in [0.717, 1.165) is 25.7 Å². The van der Waals surface area contributed by atoms with Crippen molar-refractivity contribution in [2.75, 3.05) is 46.9 Å². The van der Waals surface area contributed by atoms with Crippen LogP contribution < -0.4 is 5.32 Å². The van der Waals surface area contributed by atoms with Crippen LogP contribution in [0.4, 0.5) is 0 Å². The second kappa shape index (κ2) is 6.85. The molecule has 2 heterocycles. The molecule has 0 aromatic heterocycles. The zero-order valence-electron chi connectivity index (χ0n) is 12.2. The molecular weight excluding hydrogens is 226 g/mol. The highest BCUT2D eigenvalue weighted by atomic mass is 16.5. The van der Waals surface area contributed by atoms with Crippen LogP contribution in [0.1, 0.15) is 26.2 Å². The average molecular weight is 255 g/mol. The van der Waals surface area contributed by atoms with Gasteiger partial charge in [-0.15, -0.1) is 0 Å². The summed E-state index contributed by atoms with van der Waals surface area (Å²) in [7, 11) is 4.33. The fraction of sp³-hybridized carbons (Fsp3) is 1.00. The molecule has 0 spiro atoms. The minimum atomic E-state index is 0.531. The Morgan fingerprint density at radius 1 is 1.39 bits per heavy atom. The number of ether oxygens (including phenoxy) is 1. The summed E-state index contributed by atoms with van der Waals surface area (Å²) in [5.41, 5.74) is 0. The normalized spacial score (nSPS) is 34.3. The third-order valence-corrected chi connectivity index (χ3v) is 4.67. The Morgan fingerprint density at radius 2 is 2.22 bits per heavy atom. The molecule has 0 aliphatic carbocycles. The molecule has 1 N–H and O–H groups in total. The van der Waals surface area contributed by atoms with Gasteiger partial charge in [0.2, 0.25) is 0 Å². The van der Waals surface area contributed by atoms with E-state index in [2.05, 4.69) is 36.1 Å². The van der Waals surface area contributed by atoms with Crippen LogP contribution in [0.25, 0.3) is 0 Å². The Morgan fingerprint density at radius 3 is 2.94 bits per heavy atom. The SMILES string of the molecule is CCN1CCCC1CN(C)C1COCCC1NC. The van der Waals surface area contributed by atoms with Crippen molar-refractivity contribution >= 4 is 0 Å². The number of rotatable bonds is 5. The highest BCUT2D eigenvalue weighted by Gasteiger charge is 2.31. The van der Waals surface area contributed by atoms with E-state index in [4.69, 9.17) is 4.74 Å². The molecule has 0 aromatic rings. The smallest absolute Gasteiger partial charge is 0.0636 e. The largest absolute Gasteiger partial charge is 0.380 e. The standard InChI is InChI=1S/C14H29N3O/c1-4-17-8-5-6-12(17)10-16(3)14-11-18-9-7-13(14)15-2/h12-15H,4-11H2,1-3H3. The number of nitrogens with zero attached hydrogens (tertiary/aromatic N) is 2. The van der Waals surface area contributed by atoms with Gasteiger partial charge in [-0.2, -0.15) is 0 Å². The predicted octanol–water partition coefficient (Wildman–Crippen LogP) is 0.779. The summed E-state index contributed by atoms with van der Waals surface area (Å²) in [6.07, 6.45) is 3.85. The lowest BCUT2D eigenvalue weighted by Crippen LogP contribution is -2.55. The van der Waals surface area contributed by atoms with Gasteiger partial charge in [-0.25, -0.2) is 0 Å². The van der Waals surface area contributed by atoms with Gasteiger partial charge in [0, 0.05) is 31.3 Å². The molecule has 2 rings (SSSR count). The van der Waals surface area contributed by atoms with Gasteiger partial charge in [0.15, 0.2) is 0 Å². The van der Waals surface area contributed by atoms with Gasteiger partial charge in [-0.05, 0) is 46.4 Å². The summed E-state index contributed by atoms with van der Waals surface area (Å²) in [6.45, 7) is 7.71. The number of likely N-dealkylation sites (N-methyl/N-ethyl adjacent to an activating group) is 3. The lowest BCUT2D eigenvalue weighted by molar-refractivity contribution is 0.00133. The molecular formula is C14H29N3O. The summed E-state index contributed by atoms with van der Waals surface area (Å²) < 4.78 is 5.66. The molecule has 4 nitrogen and oxygen atoms in total. The maximum atomic E-state index is 5.66. The van der Waals surface area contributed by atoms with Crippen LogP contribution in [-0.2, 0) is 4.74 Å². The zero-order chi connectivity index (χ0) is 13.0. The summed E-state index contributed by atoms with van der Waals surface area (Å²) in [4.78, 5) is 5.13. The minimum Gasteiger partial charge on any atom is -0.380 e. The summed E-state index contributed by atoms with van der Waals surface area (Å²) >= 11 is 0. The molecule has 2 aliphatic rings. The lowest BCUT2D eigenvalue weighted by atomic mass is 10.0. The van der Waals surface area contributed by atoms with Crippen molar-refractivity contribution in [3.63, 3.8) is 0 Å². The quantitative estimate of drug-likeness (QED) is 0.786. The van der Waals surface area contributed by atoms with Gasteiger partial charge in [0.25, 0.3) is 0 Å². The number of nitrogens with one attached hydrogen (secondary N) is 1. The number of likely N-dealkylation sites (tertiary alicyclic amines) is 1. The van der Waals surface area contributed by atoms with E-state index in [0.29, 0.717) is 12.1 Å². The fourth-order valence-corrected chi connectivity index (χ4v) is 3.48. The predicted molar refractivity (Wildman–Crippen MR) is 75.0 cm³/mol. The second-order valence-corrected chi connectivity index (χ2v) is 5.69. The zero-order valence-corrected chi connectivity index (χ0v) is 12.2. The monoisotopic (exact) mass is 255 g/mol. The average Bonchev–Trinajstić information content (AvgIpc) is 2.85. The number of hydrogen-bond donors (Lipinski definition) is 1. The Hall–Kier alpha value is -0.160. The Kier molecular flexibility index (Phi) is 5.42. The Bertz CT molecular complexity index is 249. The summed E-state index contributed by atoms with van der Waals surface area (Å²) in [5, 5.41) is 3.45. The lowest BCUT2D eigenvalue weighted by Gasteiger charge is -2.39. The fourth-order valence-electron chi connectivity index (χ4n) is 3.48. The van der Waals surface area contributed by atoms with Crippen LogP contribution in [0.2, 0.25) is 0 Å². The molecule has 0 amide bonds. The maximum absolute atomic E-state index is 5.66. The van der Waals surface area contributed by atoms with E-state index in [1.807, 2.05) is 0 Å². The van der Waals surface area contributed by atoms with E-state index in [1.54, 1.807) is 0 Å².